The summed E-state index contributed by atoms with van der Waals surface area (Å²) in [6.45, 7) is -0.0362. The third-order valence-electron chi connectivity index (χ3n) is 4.49. The summed E-state index contributed by atoms with van der Waals surface area (Å²) < 4.78 is 0. The fourth-order valence-corrected chi connectivity index (χ4v) is 3.37. The predicted molar refractivity (Wildman–Crippen MR) is 87.4 cm³/mol. The molecule has 1 aliphatic carbocycles. The number of aliphatic hydroxyl groups excluding tert-OH is 3. The van der Waals surface area contributed by atoms with E-state index in [1.807, 2.05) is 42.5 Å². The molecule has 3 heteroatoms. The summed E-state index contributed by atoms with van der Waals surface area (Å²) in [6, 6.07) is 13.8. The summed E-state index contributed by atoms with van der Waals surface area (Å²) in [4.78, 5) is 0. The van der Waals surface area contributed by atoms with Crippen molar-refractivity contribution in [2.75, 3.05) is 0 Å². The number of hydrogen-bond donors (Lipinski definition) is 3. The molecule has 0 radical (unpaired) electrons. The highest BCUT2D eigenvalue weighted by Gasteiger charge is 2.24. The van der Waals surface area contributed by atoms with Crippen molar-refractivity contribution < 1.29 is 15.3 Å². The van der Waals surface area contributed by atoms with E-state index in [0.717, 1.165) is 38.2 Å². The van der Waals surface area contributed by atoms with Crippen molar-refractivity contribution in [3.05, 3.63) is 65.2 Å². The fourth-order valence-electron chi connectivity index (χ4n) is 3.37. The number of rotatable bonds is 1. The van der Waals surface area contributed by atoms with Crippen LogP contribution in [0.25, 0.3) is 27.6 Å². The molecule has 110 valence electrons. The average Bonchev–Trinajstić information content (AvgIpc) is 2.55. The number of hydrogen-bond acceptors (Lipinski definition) is 3. The van der Waals surface area contributed by atoms with Gasteiger partial charge in [-0.15, -0.1) is 0 Å². The molecule has 0 saturated heterocycles. The number of fused-ring (bicyclic) bond motifs is 4. The van der Waals surface area contributed by atoms with Crippen LogP contribution in [0.3, 0.4) is 0 Å². The Hall–Kier alpha value is -2.20. The molecule has 3 nitrogen and oxygen atoms in total. The average molecular weight is 292 g/mol. The van der Waals surface area contributed by atoms with Crippen molar-refractivity contribution in [2.45, 2.75) is 18.8 Å². The summed E-state index contributed by atoms with van der Waals surface area (Å²) >= 11 is 0. The van der Waals surface area contributed by atoms with Gasteiger partial charge in [0.2, 0.25) is 0 Å². The van der Waals surface area contributed by atoms with Gasteiger partial charge in [0.05, 0.1) is 6.61 Å². The minimum Gasteiger partial charge on any atom is -0.392 e. The first kappa shape index (κ1) is 13.5. The van der Waals surface area contributed by atoms with Gasteiger partial charge in [-0.2, -0.15) is 0 Å². The first-order chi connectivity index (χ1) is 10.7. The zero-order chi connectivity index (χ0) is 15.3. The third kappa shape index (κ3) is 1.80. The van der Waals surface area contributed by atoms with E-state index in [4.69, 9.17) is 0 Å². The minimum atomic E-state index is -0.909. The minimum absolute atomic E-state index is 0.0362. The van der Waals surface area contributed by atoms with E-state index in [-0.39, 0.29) is 6.61 Å². The monoisotopic (exact) mass is 292 g/mol. The standard InChI is InChI=1S/C19H16O3/c20-10-17-12-4-2-1-3-11(12)9-16-13-7-8-18(21)19(22)15(13)6-5-14(16)17/h1-9,18-22H,10H2/t18-,19-/m0/s1. The summed E-state index contributed by atoms with van der Waals surface area (Å²) in [6.07, 6.45) is 1.68. The third-order valence-corrected chi connectivity index (χ3v) is 4.49. The molecule has 3 aromatic carbocycles. The van der Waals surface area contributed by atoms with Crippen molar-refractivity contribution in [3.8, 4) is 0 Å². The van der Waals surface area contributed by atoms with Crippen LogP contribution < -0.4 is 0 Å². The molecule has 0 fully saturated rings. The molecule has 0 unspecified atom stereocenters. The lowest BCUT2D eigenvalue weighted by molar-refractivity contribution is 0.0471. The van der Waals surface area contributed by atoms with Crippen LogP contribution in [0.4, 0.5) is 0 Å². The Morgan fingerprint density at radius 2 is 1.73 bits per heavy atom. The second-order valence-corrected chi connectivity index (χ2v) is 5.69. The molecule has 0 saturated carbocycles. The predicted octanol–water partition coefficient (Wildman–Crippen LogP) is 2.91. The summed E-state index contributed by atoms with van der Waals surface area (Å²) in [5.74, 6) is 0. The topological polar surface area (TPSA) is 60.7 Å². The highest BCUT2D eigenvalue weighted by molar-refractivity contribution is 6.05. The highest BCUT2D eigenvalue weighted by atomic mass is 16.3. The van der Waals surface area contributed by atoms with Crippen LogP contribution >= 0.6 is 0 Å². The molecular formula is C19H16O3. The van der Waals surface area contributed by atoms with Gasteiger partial charge in [0.25, 0.3) is 0 Å². The Bertz CT molecular complexity index is 911. The van der Waals surface area contributed by atoms with E-state index in [2.05, 4.69) is 6.07 Å². The van der Waals surface area contributed by atoms with Crippen LogP contribution in [0.1, 0.15) is 22.8 Å². The molecule has 3 aromatic rings. The normalized spacial score (nSPS) is 20.5. The van der Waals surface area contributed by atoms with Crippen LogP contribution in [0.15, 0.2) is 48.5 Å². The zero-order valence-electron chi connectivity index (χ0n) is 11.9. The highest BCUT2D eigenvalue weighted by Crippen LogP contribution is 2.37. The molecule has 0 aliphatic heterocycles. The Morgan fingerprint density at radius 1 is 0.909 bits per heavy atom. The molecule has 4 rings (SSSR count). The van der Waals surface area contributed by atoms with E-state index in [1.54, 1.807) is 6.08 Å². The molecular weight excluding hydrogens is 276 g/mol. The van der Waals surface area contributed by atoms with Crippen molar-refractivity contribution in [1.29, 1.82) is 0 Å². The smallest absolute Gasteiger partial charge is 0.109 e. The summed E-state index contributed by atoms with van der Waals surface area (Å²) in [5, 5.41) is 33.9. The molecule has 0 spiro atoms. The Labute approximate surface area is 127 Å². The second kappa shape index (κ2) is 4.92. The van der Waals surface area contributed by atoms with Gasteiger partial charge in [0, 0.05) is 0 Å². The van der Waals surface area contributed by atoms with Gasteiger partial charge in [-0.1, -0.05) is 48.6 Å². The van der Waals surface area contributed by atoms with Gasteiger partial charge in [0.15, 0.2) is 0 Å². The van der Waals surface area contributed by atoms with Crippen LogP contribution in [0.2, 0.25) is 0 Å². The van der Waals surface area contributed by atoms with Gasteiger partial charge in [-0.05, 0) is 44.3 Å². The van der Waals surface area contributed by atoms with Gasteiger partial charge in [-0.25, -0.2) is 0 Å². The molecule has 0 bridgehead atoms. The maximum atomic E-state index is 10.2. The van der Waals surface area contributed by atoms with E-state index in [9.17, 15) is 15.3 Å². The second-order valence-electron chi connectivity index (χ2n) is 5.69. The maximum absolute atomic E-state index is 10.2. The fraction of sp³-hybridized carbons (Fsp3) is 0.158. The Morgan fingerprint density at radius 3 is 2.55 bits per heavy atom. The lowest BCUT2D eigenvalue weighted by atomic mass is 9.86. The lowest BCUT2D eigenvalue weighted by Gasteiger charge is -2.24. The SMILES string of the molecule is OCc1c2ccccc2cc2c3c(ccc12)[C@H](O)[C@@H](O)C=C3. The van der Waals surface area contributed by atoms with Gasteiger partial charge >= 0.3 is 0 Å². The molecule has 22 heavy (non-hydrogen) atoms. The first-order valence-electron chi connectivity index (χ1n) is 7.33. The van der Waals surface area contributed by atoms with Crippen LogP contribution in [-0.2, 0) is 6.61 Å². The van der Waals surface area contributed by atoms with Gasteiger partial charge in [0.1, 0.15) is 12.2 Å². The van der Waals surface area contributed by atoms with E-state index in [1.165, 1.54) is 0 Å². The van der Waals surface area contributed by atoms with E-state index >= 15 is 0 Å². The summed E-state index contributed by atoms with van der Waals surface area (Å²) in [7, 11) is 0. The Balaban J connectivity index is 2.15. The maximum Gasteiger partial charge on any atom is 0.109 e. The van der Waals surface area contributed by atoms with Crippen molar-refractivity contribution >= 4 is 27.6 Å². The van der Waals surface area contributed by atoms with E-state index in [0.29, 0.717) is 0 Å². The molecule has 0 heterocycles. The molecule has 1 aliphatic rings. The molecule has 0 aromatic heterocycles. The summed E-state index contributed by atoms with van der Waals surface area (Å²) in [5.41, 5.74) is 2.53. The van der Waals surface area contributed by atoms with Gasteiger partial charge in [-0.3, -0.25) is 0 Å². The van der Waals surface area contributed by atoms with Gasteiger partial charge < -0.3 is 15.3 Å². The van der Waals surface area contributed by atoms with Crippen molar-refractivity contribution in [2.24, 2.45) is 0 Å². The quantitative estimate of drug-likeness (QED) is 0.604. The van der Waals surface area contributed by atoms with Crippen LogP contribution in [-0.4, -0.2) is 21.4 Å². The van der Waals surface area contributed by atoms with Crippen LogP contribution in [0.5, 0.6) is 0 Å². The Kier molecular flexibility index (Phi) is 3.01. The van der Waals surface area contributed by atoms with Crippen molar-refractivity contribution in [3.63, 3.8) is 0 Å². The van der Waals surface area contributed by atoms with Crippen LogP contribution in [0, 0.1) is 0 Å². The molecule has 0 amide bonds. The largest absolute Gasteiger partial charge is 0.392 e. The number of benzene rings is 3. The molecule has 2 atom stereocenters. The van der Waals surface area contributed by atoms with Crippen molar-refractivity contribution in [1.82, 2.24) is 0 Å². The molecule has 3 N–H and O–H groups in total. The zero-order valence-corrected chi connectivity index (χ0v) is 11.9. The lowest BCUT2D eigenvalue weighted by Crippen LogP contribution is -2.19. The van der Waals surface area contributed by atoms with E-state index < -0.39 is 12.2 Å². The first-order valence-corrected chi connectivity index (χ1v) is 7.33. The number of aliphatic hydroxyl groups is 3.